The first-order chi connectivity index (χ1) is 19.5. The van der Waals surface area contributed by atoms with Gasteiger partial charge in [-0.1, -0.05) is 44.2 Å². The van der Waals surface area contributed by atoms with E-state index in [1.54, 1.807) is 6.92 Å². The molecule has 9 nitrogen and oxygen atoms in total. The molecule has 0 aliphatic carbocycles. The first-order valence-electron chi connectivity index (χ1n) is 13.1. The van der Waals surface area contributed by atoms with Crippen molar-refractivity contribution < 1.29 is 31.9 Å². The molecule has 41 heavy (non-hydrogen) atoms. The first kappa shape index (κ1) is 31.4. The summed E-state index contributed by atoms with van der Waals surface area (Å²) in [4.78, 5) is 28.1. The fourth-order valence-corrected chi connectivity index (χ4v) is 5.49. The van der Waals surface area contributed by atoms with Gasteiger partial charge in [-0.25, -0.2) is 12.8 Å². The van der Waals surface area contributed by atoms with E-state index in [0.717, 1.165) is 22.0 Å². The van der Waals surface area contributed by atoms with Crippen molar-refractivity contribution in [1.82, 2.24) is 10.2 Å². The second-order valence-electron chi connectivity index (χ2n) is 9.83. The van der Waals surface area contributed by atoms with Gasteiger partial charge in [0.15, 0.2) is 11.5 Å². The van der Waals surface area contributed by atoms with E-state index in [4.69, 9.17) is 9.47 Å². The number of nitrogens with zero attached hydrogens (tertiary/aromatic N) is 2. The molecule has 0 spiro atoms. The average molecular weight is 586 g/mol. The maximum Gasteiger partial charge on any atom is 0.264 e. The van der Waals surface area contributed by atoms with Gasteiger partial charge < -0.3 is 19.7 Å². The van der Waals surface area contributed by atoms with Crippen molar-refractivity contribution in [2.45, 2.75) is 38.3 Å². The number of benzene rings is 3. The molecular weight excluding hydrogens is 549 g/mol. The largest absolute Gasteiger partial charge is 0.493 e. The second-order valence-corrected chi connectivity index (χ2v) is 11.7. The number of carbonyl (C=O) groups is 2. The van der Waals surface area contributed by atoms with Crippen molar-refractivity contribution in [3.8, 4) is 11.5 Å². The summed E-state index contributed by atoms with van der Waals surface area (Å²) in [7, 11) is -1.56. The van der Waals surface area contributed by atoms with Gasteiger partial charge in [-0.2, -0.15) is 0 Å². The Labute approximate surface area is 240 Å². The molecule has 11 heteroatoms. The van der Waals surface area contributed by atoms with Crippen LogP contribution in [0.3, 0.4) is 0 Å². The van der Waals surface area contributed by atoms with E-state index < -0.39 is 34.3 Å². The number of ether oxygens (including phenoxy) is 2. The van der Waals surface area contributed by atoms with Gasteiger partial charge in [0.1, 0.15) is 18.4 Å². The number of sulfonamides is 1. The van der Waals surface area contributed by atoms with Crippen LogP contribution in [0.25, 0.3) is 0 Å². The van der Waals surface area contributed by atoms with E-state index >= 15 is 0 Å². The molecule has 0 saturated heterocycles. The zero-order valence-corrected chi connectivity index (χ0v) is 24.7. The summed E-state index contributed by atoms with van der Waals surface area (Å²) in [6.07, 6.45) is 0. The zero-order valence-electron chi connectivity index (χ0n) is 23.8. The number of amides is 2. The van der Waals surface area contributed by atoms with Crippen molar-refractivity contribution in [1.29, 1.82) is 0 Å². The quantitative estimate of drug-likeness (QED) is 0.322. The highest BCUT2D eigenvalue weighted by atomic mass is 32.2. The number of carbonyl (C=O) groups excluding carboxylic acids is 2. The van der Waals surface area contributed by atoms with E-state index in [9.17, 15) is 22.4 Å². The molecule has 0 aliphatic heterocycles. The molecule has 0 aromatic heterocycles. The molecule has 0 saturated carbocycles. The molecular formula is C30H36FN3O6S. The summed E-state index contributed by atoms with van der Waals surface area (Å²) in [5.74, 6) is -0.838. The summed E-state index contributed by atoms with van der Waals surface area (Å²) in [5, 5.41) is 2.84. The number of hydrogen-bond donors (Lipinski definition) is 1. The smallest absolute Gasteiger partial charge is 0.264 e. The molecule has 3 aromatic rings. The van der Waals surface area contributed by atoms with Gasteiger partial charge in [0, 0.05) is 19.2 Å². The number of nitrogens with one attached hydrogen (secondary N) is 1. The van der Waals surface area contributed by atoms with E-state index in [-0.39, 0.29) is 34.7 Å². The minimum Gasteiger partial charge on any atom is -0.493 e. The van der Waals surface area contributed by atoms with Crippen molar-refractivity contribution in [3.05, 3.63) is 84.2 Å². The van der Waals surface area contributed by atoms with E-state index in [1.165, 1.54) is 49.5 Å². The molecule has 1 N–H and O–H groups in total. The normalized spacial score (nSPS) is 12.0. The van der Waals surface area contributed by atoms with Crippen LogP contribution in [-0.4, -0.2) is 58.5 Å². The highest BCUT2D eigenvalue weighted by Gasteiger charge is 2.33. The maximum atomic E-state index is 14.0. The topological polar surface area (TPSA) is 105 Å². The van der Waals surface area contributed by atoms with Crippen LogP contribution in [0.15, 0.2) is 77.7 Å². The van der Waals surface area contributed by atoms with Gasteiger partial charge in [-0.05, 0) is 54.8 Å². The van der Waals surface area contributed by atoms with Gasteiger partial charge in [0.2, 0.25) is 11.8 Å². The van der Waals surface area contributed by atoms with Crippen molar-refractivity contribution >= 4 is 27.5 Å². The third-order valence-corrected chi connectivity index (χ3v) is 8.15. The van der Waals surface area contributed by atoms with Gasteiger partial charge in [-0.3, -0.25) is 13.9 Å². The molecule has 0 fully saturated rings. The van der Waals surface area contributed by atoms with Crippen LogP contribution in [0.4, 0.5) is 10.1 Å². The average Bonchev–Trinajstić information content (AvgIpc) is 2.97. The summed E-state index contributed by atoms with van der Waals surface area (Å²) < 4.78 is 53.1. The monoisotopic (exact) mass is 585 g/mol. The lowest BCUT2D eigenvalue weighted by atomic mass is 10.1. The Kier molecular flexibility index (Phi) is 10.7. The van der Waals surface area contributed by atoms with Crippen LogP contribution in [0, 0.1) is 11.7 Å². The summed E-state index contributed by atoms with van der Waals surface area (Å²) >= 11 is 0. The van der Waals surface area contributed by atoms with E-state index in [0.29, 0.717) is 12.3 Å². The summed E-state index contributed by atoms with van der Waals surface area (Å²) in [6.45, 7) is 5.36. The zero-order chi connectivity index (χ0) is 30.2. The van der Waals surface area contributed by atoms with E-state index in [2.05, 4.69) is 5.32 Å². The standard InChI is InChI=1S/C30H36FN3O6S/c1-21(2)18-32-30(36)22(3)33(19-23-9-7-6-8-10-23)29(35)20-34(25-13-11-24(31)12-14-25)41(37,38)26-15-16-27(39-4)28(17-26)40-5/h6-17,21-22H,18-20H2,1-5H3,(H,32,36)/t22-/m0/s1. The molecule has 2 amide bonds. The maximum absolute atomic E-state index is 14.0. The molecule has 1 atom stereocenters. The predicted molar refractivity (Wildman–Crippen MR) is 155 cm³/mol. The van der Waals surface area contributed by atoms with Crippen molar-refractivity contribution in [2.24, 2.45) is 5.92 Å². The molecule has 0 unspecified atom stereocenters. The molecule has 0 heterocycles. The lowest BCUT2D eigenvalue weighted by molar-refractivity contribution is -0.139. The van der Waals surface area contributed by atoms with Crippen LogP contribution in [0.2, 0.25) is 0 Å². The molecule has 0 radical (unpaired) electrons. The van der Waals surface area contributed by atoms with Crippen LogP contribution in [0.1, 0.15) is 26.3 Å². The lowest BCUT2D eigenvalue weighted by Crippen LogP contribution is -2.51. The van der Waals surface area contributed by atoms with Crippen molar-refractivity contribution in [3.63, 3.8) is 0 Å². The minimum absolute atomic E-state index is 0.0730. The summed E-state index contributed by atoms with van der Waals surface area (Å²) in [6, 6.07) is 17.0. The Morgan fingerprint density at radius 1 is 0.902 bits per heavy atom. The van der Waals surface area contributed by atoms with Gasteiger partial charge in [-0.15, -0.1) is 0 Å². The predicted octanol–water partition coefficient (Wildman–Crippen LogP) is 4.23. The third-order valence-electron chi connectivity index (χ3n) is 6.38. The Hall–Kier alpha value is -4.12. The van der Waals surface area contributed by atoms with Gasteiger partial charge in [0.05, 0.1) is 24.8 Å². The number of rotatable bonds is 13. The number of halogens is 1. The highest BCUT2D eigenvalue weighted by Crippen LogP contribution is 2.32. The third kappa shape index (κ3) is 7.97. The van der Waals surface area contributed by atoms with Crippen LogP contribution in [0.5, 0.6) is 11.5 Å². The number of hydrogen-bond acceptors (Lipinski definition) is 6. The van der Waals surface area contributed by atoms with Gasteiger partial charge >= 0.3 is 0 Å². The molecule has 0 aliphatic rings. The Morgan fingerprint density at radius 2 is 1.54 bits per heavy atom. The molecule has 3 rings (SSSR count). The number of methoxy groups -OCH3 is 2. The molecule has 3 aromatic carbocycles. The van der Waals surface area contributed by atoms with Crippen molar-refractivity contribution in [2.75, 3.05) is 31.6 Å². The van der Waals surface area contributed by atoms with Crippen LogP contribution >= 0.6 is 0 Å². The minimum atomic E-state index is -4.37. The van der Waals surface area contributed by atoms with Crippen LogP contribution < -0.4 is 19.1 Å². The van der Waals surface area contributed by atoms with Gasteiger partial charge in [0.25, 0.3) is 10.0 Å². The van der Waals surface area contributed by atoms with E-state index in [1.807, 2.05) is 44.2 Å². The Bertz CT molecular complexity index is 1430. The second kappa shape index (κ2) is 14.0. The fourth-order valence-electron chi connectivity index (χ4n) is 4.06. The lowest BCUT2D eigenvalue weighted by Gasteiger charge is -2.32. The Morgan fingerprint density at radius 3 is 2.12 bits per heavy atom. The molecule has 0 bridgehead atoms. The van der Waals surface area contributed by atoms with Crippen LogP contribution in [-0.2, 0) is 26.2 Å². The molecule has 220 valence electrons. The SMILES string of the molecule is COc1ccc(S(=O)(=O)N(CC(=O)N(Cc2ccccc2)[C@@H](C)C(=O)NCC(C)C)c2ccc(F)cc2)cc1OC. The number of anilines is 1. The highest BCUT2D eigenvalue weighted by molar-refractivity contribution is 7.92. The Balaban J connectivity index is 2.04. The first-order valence-corrected chi connectivity index (χ1v) is 14.5. The summed E-state index contributed by atoms with van der Waals surface area (Å²) in [5.41, 5.74) is 0.839. The fraction of sp³-hybridized carbons (Fsp3) is 0.333.